The molecule has 96 valence electrons. The van der Waals surface area contributed by atoms with Gasteiger partial charge in [0.25, 0.3) is 0 Å². The van der Waals surface area contributed by atoms with Crippen molar-refractivity contribution in [2.24, 2.45) is 0 Å². The van der Waals surface area contributed by atoms with Crippen LogP contribution in [-0.2, 0) is 10.3 Å². The molecular formula is C13H15BrN2OS. The number of nitrogens with one attached hydrogen (secondary N) is 1. The molecule has 2 atom stereocenters. The van der Waals surface area contributed by atoms with Crippen LogP contribution in [0, 0.1) is 4.77 Å². The fourth-order valence-corrected chi connectivity index (χ4v) is 3.49. The summed E-state index contributed by atoms with van der Waals surface area (Å²) < 4.78 is 9.76. The van der Waals surface area contributed by atoms with Crippen molar-refractivity contribution in [3.05, 3.63) is 27.4 Å². The molecule has 0 spiro atoms. The minimum Gasteiger partial charge on any atom is -0.376 e. The smallest absolute Gasteiger partial charge is 0.178 e. The molecule has 1 fully saturated rings. The Labute approximate surface area is 119 Å². The highest BCUT2D eigenvalue weighted by Crippen LogP contribution is 2.36. The quantitative estimate of drug-likeness (QED) is 0.803. The molecule has 0 saturated carbocycles. The standard InChI is InChI=1S/C13H15BrN2OS/c1-8-13(2,5-6-17-8)16-11-4-3-9(14)7-10(11)15-12(16)18/h3-4,7-8H,5-6H2,1-2H3,(H,15,18). The molecule has 0 radical (unpaired) electrons. The first kappa shape index (κ1) is 12.4. The van der Waals surface area contributed by atoms with Gasteiger partial charge in [-0.25, -0.2) is 0 Å². The van der Waals surface area contributed by atoms with Gasteiger partial charge in [-0.2, -0.15) is 0 Å². The Morgan fingerprint density at radius 3 is 3.00 bits per heavy atom. The Kier molecular flexibility index (Phi) is 2.88. The van der Waals surface area contributed by atoms with Crippen LogP contribution in [0.2, 0.25) is 0 Å². The molecule has 0 amide bonds. The lowest BCUT2D eigenvalue weighted by atomic mass is 9.94. The van der Waals surface area contributed by atoms with Crippen LogP contribution in [0.3, 0.4) is 0 Å². The first-order valence-corrected chi connectivity index (χ1v) is 7.25. The highest BCUT2D eigenvalue weighted by molar-refractivity contribution is 9.10. The van der Waals surface area contributed by atoms with Gasteiger partial charge in [0, 0.05) is 11.1 Å². The third-order valence-electron chi connectivity index (χ3n) is 4.01. The number of ether oxygens (including phenoxy) is 1. The van der Waals surface area contributed by atoms with E-state index in [2.05, 4.69) is 51.5 Å². The Morgan fingerprint density at radius 1 is 1.56 bits per heavy atom. The van der Waals surface area contributed by atoms with E-state index in [0.29, 0.717) is 0 Å². The molecule has 1 aromatic heterocycles. The Balaban J connectivity index is 2.29. The van der Waals surface area contributed by atoms with Crippen LogP contribution in [0.15, 0.2) is 22.7 Å². The van der Waals surface area contributed by atoms with E-state index in [9.17, 15) is 0 Å². The largest absolute Gasteiger partial charge is 0.376 e. The third-order valence-corrected chi connectivity index (χ3v) is 4.78. The molecule has 18 heavy (non-hydrogen) atoms. The monoisotopic (exact) mass is 326 g/mol. The molecule has 1 aliphatic rings. The normalized spacial score (nSPS) is 28.1. The predicted octanol–water partition coefficient (Wildman–Crippen LogP) is 3.99. The minimum absolute atomic E-state index is 0.0663. The van der Waals surface area contributed by atoms with Crippen LogP contribution in [0.1, 0.15) is 20.3 Å². The molecular weight excluding hydrogens is 312 g/mol. The summed E-state index contributed by atoms with van der Waals surface area (Å²) in [7, 11) is 0. The van der Waals surface area contributed by atoms with Crippen molar-refractivity contribution in [2.75, 3.05) is 6.61 Å². The molecule has 0 aliphatic carbocycles. The first-order valence-electron chi connectivity index (χ1n) is 6.05. The van der Waals surface area contributed by atoms with Crippen molar-refractivity contribution in [3.63, 3.8) is 0 Å². The summed E-state index contributed by atoms with van der Waals surface area (Å²) in [6.07, 6.45) is 1.16. The van der Waals surface area contributed by atoms with E-state index >= 15 is 0 Å². The average Bonchev–Trinajstić information content (AvgIpc) is 2.79. The summed E-state index contributed by atoms with van der Waals surface area (Å²) in [5.74, 6) is 0. The number of benzene rings is 1. The third kappa shape index (κ3) is 1.68. The van der Waals surface area contributed by atoms with Crippen molar-refractivity contribution < 1.29 is 4.74 Å². The number of H-pyrrole nitrogens is 1. The van der Waals surface area contributed by atoms with Gasteiger partial charge in [-0.05, 0) is 50.7 Å². The summed E-state index contributed by atoms with van der Waals surface area (Å²) in [4.78, 5) is 3.28. The molecule has 2 unspecified atom stereocenters. The first-order chi connectivity index (χ1) is 8.52. The van der Waals surface area contributed by atoms with Crippen molar-refractivity contribution in [1.29, 1.82) is 0 Å². The molecule has 1 N–H and O–H groups in total. The Morgan fingerprint density at radius 2 is 2.33 bits per heavy atom. The average molecular weight is 327 g/mol. The summed E-state index contributed by atoms with van der Waals surface area (Å²) >= 11 is 8.98. The van der Waals surface area contributed by atoms with E-state index in [-0.39, 0.29) is 11.6 Å². The second-order valence-corrected chi connectivity index (χ2v) is 6.35. The number of halogens is 1. The molecule has 5 heteroatoms. The van der Waals surface area contributed by atoms with Gasteiger partial charge in [0.2, 0.25) is 0 Å². The van der Waals surface area contributed by atoms with E-state index < -0.39 is 0 Å². The van der Waals surface area contributed by atoms with E-state index in [1.165, 1.54) is 0 Å². The van der Waals surface area contributed by atoms with Crippen LogP contribution in [0.4, 0.5) is 0 Å². The van der Waals surface area contributed by atoms with Crippen LogP contribution < -0.4 is 0 Å². The number of hydrogen-bond acceptors (Lipinski definition) is 2. The summed E-state index contributed by atoms with van der Waals surface area (Å²) in [5.41, 5.74) is 2.14. The Bertz CT molecular complexity index is 663. The van der Waals surface area contributed by atoms with Gasteiger partial charge in [-0.1, -0.05) is 15.9 Å². The molecule has 3 rings (SSSR count). The molecule has 1 saturated heterocycles. The number of rotatable bonds is 1. The summed E-state index contributed by atoms with van der Waals surface area (Å²) in [5, 5.41) is 0. The maximum atomic E-state index is 5.73. The van der Waals surface area contributed by atoms with Gasteiger partial charge in [-0.3, -0.25) is 0 Å². The van der Waals surface area contributed by atoms with E-state index in [1.807, 2.05) is 6.07 Å². The van der Waals surface area contributed by atoms with Gasteiger partial charge in [-0.15, -0.1) is 0 Å². The van der Waals surface area contributed by atoms with Crippen LogP contribution >= 0.6 is 28.1 Å². The highest BCUT2D eigenvalue weighted by atomic mass is 79.9. The number of imidazole rings is 1. The number of aromatic nitrogens is 2. The van der Waals surface area contributed by atoms with Gasteiger partial charge < -0.3 is 14.3 Å². The molecule has 2 aromatic rings. The zero-order chi connectivity index (χ0) is 12.9. The fourth-order valence-electron chi connectivity index (χ4n) is 2.71. The lowest BCUT2D eigenvalue weighted by Crippen LogP contribution is -2.36. The van der Waals surface area contributed by atoms with Crippen molar-refractivity contribution >= 4 is 39.2 Å². The van der Waals surface area contributed by atoms with Gasteiger partial charge in [0.1, 0.15) is 0 Å². The molecule has 0 bridgehead atoms. The van der Waals surface area contributed by atoms with Gasteiger partial charge in [0.15, 0.2) is 4.77 Å². The molecule has 1 aliphatic heterocycles. The number of nitrogens with zero attached hydrogens (tertiary/aromatic N) is 1. The number of aromatic amines is 1. The molecule has 2 heterocycles. The lowest BCUT2D eigenvalue weighted by molar-refractivity contribution is 0.0770. The van der Waals surface area contributed by atoms with E-state index in [1.54, 1.807) is 0 Å². The molecule has 1 aromatic carbocycles. The fraction of sp³-hybridized carbons (Fsp3) is 0.462. The predicted molar refractivity (Wildman–Crippen MR) is 78.5 cm³/mol. The summed E-state index contributed by atoms with van der Waals surface area (Å²) in [6.45, 7) is 5.13. The van der Waals surface area contributed by atoms with Crippen molar-refractivity contribution in [3.8, 4) is 0 Å². The topological polar surface area (TPSA) is 29.9 Å². The lowest BCUT2D eigenvalue weighted by Gasteiger charge is -2.30. The van der Waals surface area contributed by atoms with Crippen LogP contribution in [0.5, 0.6) is 0 Å². The van der Waals surface area contributed by atoms with Crippen molar-refractivity contribution in [2.45, 2.75) is 31.9 Å². The maximum absolute atomic E-state index is 5.73. The van der Waals surface area contributed by atoms with Crippen molar-refractivity contribution in [1.82, 2.24) is 9.55 Å². The number of hydrogen-bond donors (Lipinski definition) is 1. The van der Waals surface area contributed by atoms with E-state index in [4.69, 9.17) is 17.0 Å². The Hall–Kier alpha value is -0.650. The zero-order valence-electron chi connectivity index (χ0n) is 10.4. The van der Waals surface area contributed by atoms with Gasteiger partial charge >= 0.3 is 0 Å². The second-order valence-electron chi connectivity index (χ2n) is 5.05. The van der Waals surface area contributed by atoms with Crippen LogP contribution in [0.25, 0.3) is 11.0 Å². The number of fused-ring (bicyclic) bond motifs is 1. The summed E-state index contributed by atoms with van der Waals surface area (Å²) in [6, 6.07) is 6.21. The van der Waals surface area contributed by atoms with Gasteiger partial charge in [0.05, 0.1) is 22.7 Å². The van der Waals surface area contributed by atoms with E-state index in [0.717, 1.165) is 33.3 Å². The molecule has 3 nitrogen and oxygen atoms in total. The van der Waals surface area contributed by atoms with Crippen LogP contribution in [-0.4, -0.2) is 22.3 Å². The zero-order valence-corrected chi connectivity index (χ0v) is 12.8. The second kappa shape index (κ2) is 4.18. The minimum atomic E-state index is -0.0663. The maximum Gasteiger partial charge on any atom is 0.178 e. The highest BCUT2D eigenvalue weighted by Gasteiger charge is 2.40. The SMILES string of the molecule is CC1OCCC1(C)n1c(=S)[nH]c2cc(Br)ccc21.